The molecule has 0 radical (unpaired) electrons. The summed E-state index contributed by atoms with van der Waals surface area (Å²) in [4.78, 5) is 22.4. The van der Waals surface area contributed by atoms with Gasteiger partial charge in [0.15, 0.2) is 5.75 Å². The molecule has 1 aromatic carbocycles. The van der Waals surface area contributed by atoms with Crippen LogP contribution in [0.25, 0.3) is 0 Å². The first kappa shape index (κ1) is 12.0. The van der Waals surface area contributed by atoms with E-state index in [0.717, 1.165) is 0 Å². The predicted octanol–water partition coefficient (Wildman–Crippen LogP) is 1.44. The average Bonchev–Trinajstić information content (AvgIpc) is 2.27. The van der Waals surface area contributed by atoms with Crippen molar-refractivity contribution in [3.05, 3.63) is 23.8 Å². The molecular formula is C11H13NO4. The fraction of sp³-hybridized carbons (Fsp3) is 0.273. The van der Waals surface area contributed by atoms with Gasteiger partial charge < -0.3 is 14.8 Å². The molecule has 1 rings (SSSR count). The van der Waals surface area contributed by atoms with E-state index in [9.17, 15) is 9.59 Å². The minimum atomic E-state index is -0.510. The molecule has 1 aromatic rings. The first-order valence-corrected chi connectivity index (χ1v) is 4.63. The fourth-order valence-corrected chi connectivity index (χ4v) is 1.32. The van der Waals surface area contributed by atoms with Crippen molar-refractivity contribution in [3.63, 3.8) is 0 Å². The predicted molar refractivity (Wildman–Crippen MR) is 58.6 cm³/mol. The number of para-hydroxylation sites is 1. The van der Waals surface area contributed by atoms with Gasteiger partial charge in [-0.25, -0.2) is 4.79 Å². The number of hydrogen-bond acceptors (Lipinski definition) is 4. The number of ether oxygens (including phenoxy) is 2. The van der Waals surface area contributed by atoms with Crippen LogP contribution in [-0.2, 0) is 9.53 Å². The Labute approximate surface area is 93.4 Å². The van der Waals surface area contributed by atoms with Gasteiger partial charge in [-0.3, -0.25) is 4.79 Å². The number of carbonyl (C=O) groups is 2. The van der Waals surface area contributed by atoms with E-state index in [2.05, 4.69) is 10.1 Å². The van der Waals surface area contributed by atoms with Gasteiger partial charge >= 0.3 is 5.97 Å². The maximum absolute atomic E-state index is 11.4. The third-order valence-electron chi connectivity index (χ3n) is 1.94. The van der Waals surface area contributed by atoms with Crippen LogP contribution >= 0.6 is 0 Å². The smallest absolute Gasteiger partial charge is 0.341 e. The molecule has 0 saturated carbocycles. The second kappa shape index (κ2) is 5.16. The van der Waals surface area contributed by atoms with E-state index in [1.54, 1.807) is 18.2 Å². The third-order valence-corrected chi connectivity index (χ3v) is 1.94. The third kappa shape index (κ3) is 2.50. The summed E-state index contributed by atoms with van der Waals surface area (Å²) >= 11 is 0. The van der Waals surface area contributed by atoms with E-state index in [1.807, 2.05) is 0 Å². The summed E-state index contributed by atoms with van der Waals surface area (Å²) in [6, 6.07) is 4.85. The van der Waals surface area contributed by atoms with Gasteiger partial charge in [0.1, 0.15) is 5.56 Å². The second-order valence-corrected chi connectivity index (χ2v) is 3.06. The molecule has 0 spiro atoms. The van der Waals surface area contributed by atoms with E-state index in [-0.39, 0.29) is 11.5 Å². The number of benzene rings is 1. The standard InChI is InChI=1S/C11H13NO4/c1-7(13)12-9-6-4-5-8(10(9)15-2)11(14)16-3/h4-6H,1-3H3,(H,12,13). The molecular weight excluding hydrogens is 210 g/mol. The highest BCUT2D eigenvalue weighted by atomic mass is 16.5. The lowest BCUT2D eigenvalue weighted by molar-refractivity contribution is -0.114. The fourth-order valence-electron chi connectivity index (χ4n) is 1.32. The Morgan fingerprint density at radius 3 is 2.44 bits per heavy atom. The van der Waals surface area contributed by atoms with Crippen molar-refractivity contribution in [2.24, 2.45) is 0 Å². The van der Waals surface area contributed by atoms with Crippen molar-refractivity contribution >= 4 is 17.6 Å². The Bertz CT molecular complexity index is 414. The van der Waals surface area contributed by atoms with Gasteiger partial charge in [0.05, 0.1) is 19.9 Å². The van der Waals surface area contributed by atoms with Crippen LogP contribution in [0.2, 0.25) is 0 Å². The molecule has 0 aliphatic carbocycles. The molecule has 0 heterocycles. The van der Waals surface area contributed by atoms with Crippen molar-refractivity contribution in [3.8, 4) is 5.75 Å². The molecule has 5 nitrogen and oxygen atoms in total. The number of nitrogens with one attached hydrogen (secondary N) is 1. The zero-order chi connectivity index (χ0) is 12.1. The highest BCUT2D eigenvalue weighted by Gasteiger charge is 2.16. The molecule has 0 saturated heterocycles. The van der Waals surface area contributed by atoms with Crippen molar-refractivity contribution in [1.82, 2.24) is 0 Å². The zero-order valence-electron chi connectivity index (χ0n) is 9.37. The highest BCUT2D eigenvalue weighted by molar-refractivity contribution is 5.98. The summed E-state index contributed by atoms with van der Waals surface area (Å²) in [7, 11) is 2.71. The van der Waals surface area contributed by atoms with Crippen LogP contribution in [0.4, 0.5) is 5.69 Å². The van der Waals surface area contributed by atoms with Gasteiger partial charge in [-0.1, -0.05) is 6.07 Å². The number of amides is 1. The number of hydrogen-bond donors (Lipinski definition) is 1. The Hall–Kier alpha value is -2.04. The average molecular weight is 223 g/mol. The van der Waals surface area contributed by atoms with Gasteiger partial charge in [-0.05, 0) is 12.1 Å². The minimum Gasteiger partial charge on any atom is -0.494 e. The molecule has 1 amide bonds. The van der Waals surface area contributed by atoms with E-state index < -0.39 is 5.97 Å². The second-order valence-electron chi connectivity index (χ2n) is 3.06. The SMILES string of the molecule is COC(=O)c1cccc(NC(C)=O)c1OC. The summed E-state index contributed by atoms with van der Waals surface area (Å²) in [5.41, 5.74) is 0.717. The lowest BCUT2D eigenvalue weighted by Crippen LogP contribution is -2.10. The number of rotatable bonds is 3. The lowest BCUT2D eigenvalue weighted by atomic mass is 10.1. The highest BCUT2D eigenvalue weighted by Crippen LogP contribution is 2.29. The van der Waals surface area contributed by atoms with Crippen molar-refractivity contribution < 1.29 is 19.1 Å². The number of carbonyl (C=O) groups excluding carboxylic acids is 2. The van der Waals surface area contributed by atoms with E-state index >= 15 is 0 Å². The number of anilines is 1. The quantitative estimate of drug-likeness (QED) is 0.787. The Kier molecular flexibility index (Phi) is 3.88. The maximum Gasteiger partial charge on any atom is 0.341 e. The van der Waals surface area contributed by atoms with Crippen LogP contribution in [0, 0.1) is 0 Å². The van der Waals surface area contributed by atoms with Crippen LogP contribution < -0.4 is 10.1 Å². The van der Waals surface area contributed by atoms with Gasteiger partial charge in [0.25, 0.3) is 0 Å². The summed E-state index contributed by atoms with van der Waals surface area (Å²) in [5.74, 6) is -0.450. The van der Waals surface area contributed by atoms with Crippen LogP contribution in [0.5, 0.6) is 5.75 Å². The van der Waals surface area contributed by atoms with Crippen molar-refractivity contribution in [2.45, 2.75) is 6.92 Å². The summed E-state index contributed by atoms with van der Waals surface area (Å²) < 4.78 is 9.69. The minimum absolute atomic E-state index is 0.236. The lowest BCUT2D eigenvalue weighted by Gasteiger charge is -2.12. The van der Waals surface area contributed by atoms with Crippen molar-refractivity contribution in [1.29, 1.82) is 0 Å². The first-order valence-electron chi connectivity index (χ1n) is 4.63. The topological polar surface area (TPSA) is 64.6 Å². The maximum atomic E-state index is 11.4. The van der Waals surface area contributed by atoms with Gasteiger partial charge in [-0.15, -0.1) is 0 Å². The molecule has 1 N–H and O–H groups in total. The summed E-state index contributed by atoms with van der Waals surface area (Å²) in [5, 5.41) is 2.57. The first-order chi connectivity index (χ1) is 7.60. The van der Waals surface area contributed by atoms with E-state index in [4.69, 9.17) is 4.74 Å². The van der Waals surface area contributed by atoms with Crippen LogP contribution in [-0.4, -0.2) is 26.1 Å². The Morgan fingerprint density at radius 1 is 1.25 bits per heavy atom. The summed E-state index contributed by atoms with van der Waals surface area (Å²) in [6.45, 7) is 1.38. The number of methoxy groups -OCH3 is 2. The van der Waals surface area contributed by atoms with E-state index in [1.165, 1.54) is 21.1 Å². The molecule has 0 aromatic heterocycles. The molecule has 0 atom stereocenters. The zero-order valence-corrected chi connectivity index (χ0v) is 9.37. The molecule has 5 heteroatoms. The molecule has 0 bridgehead atoms. The van der Waals surface area contributed by atoms with Gasteiger partial charge in [0.2, 0.25) is 5.91 Å². The molecule has 16 heavy (non-hydrogen) atoms. The molecule has 0 unspecified atom stereocenters. The molecule has 0 aliphatic heterocycles. The van der Waals surface area contributed by atoms with Crippen LogP contribution in [0.15, 0.2) is 18.2 Å². The normalized spacial score (nSPS) is 9.44. The van der Waals surface area contributed by atoms with Crippen molar-refractivity contribution in [2.75, 3.05) is 19.5 Å². The Morgan fingerprint density at radius 2 is 1.94 bits per heavy atom. The number of esters is 1. The molecule has 0 fully saturated rings. The molecule has 0 aliphatic rings. The summed E-state index contributed by atoms with van der Waals surface area (Å²) in [6.07, 6.45) is 0. The van der Waals surface area contributed by atoms with Gasteiger partial charge in [0, 0.05) is 6.92 Å². The van der Waals surface area contributed by atoms with Crippen LogP contribution in [0.3, 0.4) is 0 Å². The monoisotopic (exact) mass is 223 g/mol. The largest absolute Gasteiger partial charge is 0.494 e. The van der Waals surface area contributed by atoms with E-state index in [0.29, 0.717) is 11.4 Å². The Balaban J connectivity index is 3.20. The van der Waals surface area contributed by atoms with Crippen LogP contribution in [0.1, 0.15) is 17.3 Å². The molecule has 86 valence electrons. The van der Waals surface area contributed by atoms with Gasteiger partial charge in [-0.2, -0.15) is 0 Å².